The molecule has 0 bridgehead atoms. The van der Waals surface area contributed by atoms with E-state index in [-0.39, 0.29) is 5.78 Å². The summed E-state index contributed by atoms with van der Waals surface area (Å²) in [4.78, 5) is 16.2. The molecule has 1 aromatic carbocycles. The molecular weight excluding hydrogens is 188 g/mol. The Hall–Kier alpha value is -2.16. The SMILES string of the molecule is Nc1ccnc2c1C(=O)c1ccccc1-2. The van der Waals surface area contributed by atoms with Gasteiger partial charge in [-0.1, -0.05) is 24.3 Å². The molecule has 0 fully saturated rings. The van der Waals surface area contributed by atoms with Crippen LogP contribution < -0.4 is 5.73 Å². The largest absolute Gasteiger partial charge is 0.398 e. The van der Waals surface area contributed by atoms with Gasteiger partial charge in [0.2, 0.25) is 0 Å². The lowest BCUT2D eigenvalue weighted by Crippen LogP contribution is -2.00. The standard InChI is InChI=1S/C12H8N2O/c13-9-5-6-14-11-7-3-1-2-4-8(7)12(15)10(9)11/h1-6H,(H2,13,14). The second-order valence-corrected chi connectivity index (χ2v) is 3.50. The number of hydrogen-bond acceptors (Lipinski definition) is 3. The number of fused-ring (bicyclic) bond motifs is 3. The predicted octanol–water partition coefficient (Wildman–Crippen LogP) is 1.88. The normalized spacial score (nSPS) is 12.4. The molecule has 1 heterocycles. The van der Waals surface area contributed by atoms with Crippen LogP contribution >= 0.6 is 0 Å². The zero-order chi connectivity index (χ0) is 10.4. The molecule has 0 atom stereocenters. The van der Waals surface area contributed by atoms with Gasteiger partial charge in [0.05, 0.1) is 11.3 Å². The minimum absolute atomic E-state index is 0.0220. The van der Waals surface area contributed by atoms with Crippen molar-refractivity contribution in [2.24, 2.45) is 0 Å². The summed E-state index contributed by atoms with van der Waals surface area (Å²) in [5.74, 6) is -0.0220. The Kier molecular flexibility index (Phi) is 1.45. The van der Waals surface area contributed by atoms with Crippen molar-refractivity contribution in [3.63, 3.8) is 0 Å². The van der Waals surface area contributed by atoms with Gasteiger partial charge in [0, 0.05) is 23.0 Å². The second-order valence-electron chi connectivity index (χ2n) is 3.50. The molecule has 0 saturated carbocycles. The van der Waals surface area contributed by atoms with Crippen molar-refractivity contribution in [2.75, 3.05) is 5.73 Å². The number of nitrogens with zero attached hydrogens (tertiary/aromatic N) is 1. The maximum atomic E-state index is 12.0. The van der Waals surface area contributed by atoms with E-state index in [2.05, 4.69) is 4.98 Å². The van der Waals surface area contributed by atoms with Crippen LogP contribution in [0.3, 0.4) is 0 Å². The lowest BCUT2D eigenvalue weighted by Gasteiger charge is -1.99. The zero-order valence-corrected chi connectivity index (χ0v) is 7.90. The number of rotatable bonds is 0. The Balaban J connectivity index is 2.43. The Morgan fingerprint density at radius 3 is 2.60 bits per heavy atom. The van der Waals surface area contributed by atoms with Crippen molar-refractivity contribution in [1.29, 1.82) is 0 Å². The molecule has 1 aliphatic carbocycles. The summed E-state index contributed by atoms with van der Waals surface area (Å²) < 4.78 is 0. The van der Waals surface area contributed by atoms with Gasteiger partial charge in [0.15, 0.2) is 5.78 Å². The molecule has 3 rings (SSSR count). The third kappa shape index (κ3) is 0.944. The summed E-state index contributed by atoms with van der Waals surface area (Å²) in [5.41, 5.74) is 9.10. The van der Waals surface area contributed by atoms with E-state index < -0.39 is 0 Å². The molecule has 3 heteroatoms. The Morgan fingerprint density at radius 2 is 1.80 bits per heavy atom. The van der Waals surface area contributed by atoms with E-state index in [1.165, 1.54) is 0 Å². The van der Waals surface area contributed by atoms with Gasteiger partial charge in [-0.3, -0.25) is 9.78 Å². The van der Waals surface area contributed by atoms with Gasteiger partial charge in [-0.05, 0) is 6.07 Å². The first kappa shape index (κ1) is 8.17. The highest BCUT2D eigenvalue weighted by Crippen LogP contribution is 2.37. The van der Waals surface area contributed by atoms with Crippen LogP contribution in [0, 0.1) is 0 Å². The van der Waals surface area contributed by atoms with E-state index in [4.69, 9.17) is 5.73 Å². The molecule has 0 saturated heterocycles. The monoisotopic (exact) mass is 196 g/mol. The fraction of sp³-hybridized carbons (Fsp3) is 0. The molecule has 72 valence electrons. The number of aromatic nitrogens is 1. The molecule has 0 unspecified atom stereocenters. The molecule has 0 radical (unpaired) electrons. The molecule has 1 aromatic heterocycles. The van der Waals surface area contributed by atoms with E-state index in [0.29, 0.717) is 22.5 Å². The lowest BCUT2D eigenvalue weighted by atomic mass is 10.1. The smallest absolute Gasteiger partial charge is 0.197 e. The molecule has 3 nitrogen and oxygen atoms in total. The van der Waals surface area contributed by atoms with Crippen molar-refractivity contribution in [1.82, 2.24) is 4.98 Å². The highest BCUT2D eigenvalue weighted by Gasteiger charge is 2.28. The average Bonchev–Trinajstić information content (AvgIpc) is 2.55. The summed E-state index contributed by atoms with van der Waals surface area (Å²) in [6, 6.07) is 9.10. The second kappa shape index (κ2) is 2.67. The Labute approximate surface area is 86.6 Å². The van der Waals surface area contributed by atoms with Crippen LogP contribution in [0.1, 0.15) is 15.9 Å². The van der Waals surface area contributed by atoms with E-state index >= 15 is 0 Å². The van der Waals surface area contributed by atoms with Crippen molar-refractivity contribution < 1.29 is 4.79 Å². The quantitative estimate of drug-likeness (QED) is 0.597. The molecule has 0 amide bonds. The molecule has 0 spiro atoms. The van der Waals surface area contributed by atoms with Crippen LogP contribution in [0.2, 0.25) is 0 Å². The highest BCUT2D eigenvalue weighted by atomic mass is 16.1. The van der Waals surface area contributed by atoms with Crippen LogP contribution in [-0.4, -0.2) is 10.8 Å². The number of pyridine rings is 1. The number of ketones is 1. The maximum Gasteiger partial charge on any atom is 0.197 e. The van der Waals surface area contributed by atoms with Crippen molar-refractivity contribution in [3.05, 3.63) is 47.7 Å². The number of anilines is 1. The highest BCUT2D eigenvalue weighted by molar-refractivity contribution is 6.23. The molecule has 2 N–H and O–H groups in total. The Bertz CT molecular complexity index is 576. The van der Waals surface area contributed by atoms with Crippen LogP contribution in [0.5, 0.6) is 0 Å². The van der Waals surface area contributed by atoms with Gasteiger partial charge in [0.1, 0.15) is 0 Å². The Morgan fingerprint density at radius 1 is 1.07 bits per heavy atom. The van der Waals surface area contributed by atoms with Gasteiger partial charge in [-0.15, -0.1) is 0 Å². The topological polar surface area (TPSA) is 56.0 Å². The number of carbonyl (C=O) groups excluding carboxylic acids is 1. The zero-order valence-electron chi connectivity index (χ0n) is 7.90. The number of nitrogen functional groups attached to an aromatic ring is 1. The molecule has 1 aliphatic rings. The van der Waals surface area contributed by atoms with Gasteiger partial charge in [0.25, 0.3) is 0 Å². The van der Waals surface area contributed by atoms with E-state index in [9.17, 15) is 4.79 Å². The third-order valence-corrected chi connectivity index (χ3v) is 2.64. The minimum atomic E-state index is -0.0220. The molecular formula is C12H8N2O. The first-order valence-electron chi connectivity index (χ1n) is 4.67. The predicted molar refractivity (Wildman–Crippen MR) is 57.5 cm³/mol. The minimum Gasteiger partial charge on any atom is -0.398 e. The third-order valence-electron chi connectivity index (χ3n) is 2.64. The first-order valence-corrected chi connectivity index (χ1v) is 4.67. The number of nitrogens with two attached hydrogens (primary N) is 1. The summed E-state index contributed by atoms with van der Waals surface area (Å²) in [6.45, 7) is 0. The van der Waals surface area contributed by atoms with E-state index in [0.717, 1.165) is 5.56 Å². The van der Waals surface area contributed by atoms with Crippen LogP contribution in [0.15, 0.2) is 36.5 Å². The summed E-state index contributed by atoms with van der Waals surface area (Å²) in [5, 5.41) is 0. The van der Waals surface area contributed by atoms with E-state index in [1.807, 2.05) is 18.2 Å². The molecule has 0 aliphatic heterocycles. The number of hydrogen-bond donors (Lipinski definition) is 1. The number of benzene rings is 1. The first-order chi connectivity index (χ1) is 7.29. The summed E-state index contributed by atoms with van der Waals surface area (Å²) in [7, 11) is 0. The maximum absolute atomic E-state index is 12.0. The number of carbonyl (C=O) groups is 1. The van der Waals surface area contributed by atoms with Crippen LogP contribution in [0.25, 0.3) is 11.3 Å². The van der Waals surface area contributed by atoms with Gasteiger partial charge < -0.3 is 5.73 Å². The lowest BCUT2D eigenvalue weighted by molar-refractivity contribution is 0.104. The van der Waals surface area contributed by atoms with Crippen molar-refractivity contribution in [2.45, 2.75) is 0 Å². The van der Waals surface area contributed by atoms with E-state index in [1.54, 1.807) is 18.3 Å². The summed E-state index contributed by atoms with van der Waals surface area (Å²) >= 11 is 0. The van der Waals surface area contributed by atoms with Crippen LogP contribution in [0.4, 0.5) is 5.69 Å². The summed E-state index contributed by atoms with van der Waals surface area (Å²) in [6.07, 6.45) is 1.63. The van der Waals surface area contributed by atoms with Crippen LogP contribution in [-0.2, 0) is 0 Å². The fourth-order valence-corrected chi connectivity index (χ4v) is 1.94. The van der Waals surface area contributed by atoms with Gasteiger partial charge >= 0.3 is 0 Å². The van der Waals surface area contributed by atoms with Crippen molar-refractivity contribution in [3.8, 4) is 11.3 Å². The van der Waals surface area contributed by atoms with Crippen molar-refractivity contribution >= 4 is 11.5 Å². The average molecular weight is 196 g/mol. The molecule has 15 heavy (non-hydrogen) atoms. The molecule has 2 aromatic rings. The fourth-order valence-electron chi connectivity index (χ4n) is 1.94. The van der Waals surface area contributed by atoms with Gasteiger partial charge in [-0.25, -0.2) is 0 Å². The van der Waals surface area contributed by atoms with Gasteiger partial charge in [-0.2, -0.15) is 0 Å².